The Labute approximate surface area is 94.9 Å². The second-order valence-electron chi connectivity index (χ2n) is 3.75. The largest absolute Gasteiger partial charge is 0.464 e. The van der Waals surface area contributed by atoms with Crippen LogP contribution in [-0.4, -0.2) is 43.8 Å². The minimum Gasteiger partial charge on any atom is -0.464 e. The number of hydrogen-bond donors (Lipinski definition) is 1. The van der Waals surface area contributed by atoms with Gasteiger partial charge in [0.1, 0.15) is 6.04 Å². The van der Waals surface area contributed by atoms with Crippen molar-refractivity contribution in [1.29, 1.82) is 0 Å². The molecule has 15 heavy (non-hydrogen) atoms. The maximum atomic E-state index is 11.4. The van der Waals surface area contributed by atoms with Crippen LogP contribution in [0.15, 0.2) is 0 Å². The lowest BCUT2D eigenvalue weighted by molar-refractivity contribution is -0.146. The third-order valence-corrected chi connectivity index (χ3v) is 3.06. The number of carbonyl (C=O) groups is 1. The van der Waals surface area contributed by atoms with Gasteiger partial charge in [-0.1, -0.05) is 0 Å². The zero-order valence-corrected chi connectivity index (χ0v) is 9.92. The zero-order valence-electron chi connectivity index (χ0n) is 9.11. The topological polar surface area (TPSA) is 61.6 Å². The fourth-order valence-electron chi connectivity index (χ4n) is 1.38. The molecular formula is C10H19NO3S. The monoisotopic (exact) mass is 233 g/mol. The van der Waals surface area contributed by atoms with E-state index in [1.165, 1.54) is 0 Å². The molecule has 0 amide bonds. The molecule has 4 nitrogen and oxygen atoms in total. The fraction of sp³-hybridized carbons (Fsp3) is 0.900. The maximum Gasteiger partial charge on any atom is 0.322 e. The lowest BCUT2D eigenvalue weighted by Gasteiger charge is -2.13. The van der Waals surface area contributed by atoms with Crippen molar-refractivity contribution in [2.75, 3.05) is 31.8 Å². The van der Waals surface area contributed by atoms with E-state index in [2.05, 4.69) is 0 Å². The van der Waals surface area contributed by atoms with Crippen LogP contribution in [0.3, 0.4) is 0 Å². The lowest BCUT2D eigenvalue weighted by atomic mass is 10.1. The van der Waals surface area contributed by atoms with Gasteiger partial charge < -0.3 is 15.2 Å². The van der Waals surface area contributed by atoms with E-state index in [4.69, 9.17) is 15.2 Å². The summed E-state index contributed by atoms with van der Waals surface area (Å²) < 4.78 is 10.3. The number of rotatable bonds is 6. The van der Waals surface area contributed by atoms with Crippen LogP contribution in [0.25, 0.3) is 0 Å². The Morgan fingerprint density at radius 1 is 1.73 bits per heavy atom. The van der Waals surface area contributed by atoms with Crippen LogP contribution in [0, 0.1) is 5.92 Å². The third kappa shape index (κ3) is 4.86. The van der Waals surface area contributed by atoms with Gasteiger partial charge in [0, 0.05) is 12.5 Å². The summed E-state index contributed by atoms with van der Waals surface area (Å²) in [6, 6.07) is -0.472. The van der Waals surface area contributed by atoms with Crippen molar-refractivity contribution in [3.05, 3.63) is 0 Å². The molecule has 2 N–H and O–H groups in total. The van der Waals surface area contributed by atoms with E-state index in [0.29, 0.717) is 25.6 Å². The first-order valence-electron chi connectivity index (χ1n) is 5.23. The summed E-state index contributed by atoms with van der Waals surface area (Å²) >= 11 is 1.68. The van der Waals surface area contributed by atoms with Crippen molar-refractivity contribution in [3.63, 3.8) is 0 Å². The average Bonchev–Trinajstić information content (AvgIpc) is 2.75. The first kappa shape index (κ1) is 12.8. The predicted molar refractivity (Wildman–Crippen MR) is 60.9 cm³/mol. The number of hydrogen-bond acceptors (Lipinski definition) is 5. The minimum absolute atomic E-state index is 0.282. The Morgan fingerprint density at radius 3 is 3.13 bits per heavy atom. The summed E-state index contributed by atoms with van der Waals surface area (Å²) in [7, 11) is 0. The Hall–Kier alpha value is -0.260. The molecule has 1 saturated heterocycles. The van der Waals surface area contributed by atoms with Crippen LogP contribution < -0.4 is 5.73 Å². The van der Waals surface area contributed by atoms with E-state index in [9.17, 15) is 4.79 Å². The van der Waals surface area contributed by atoms with Gasteiger partial charge in [-0.3, -0.25) is 4.79 Å². The summed E-state index contributed by atoms with van der Waals surface area (Å²) in [5, 5.41) is 0. The van der Waals surface area contributed by atoms with E-state index in [0.717, 1.165) is 18.8 Å². The molecule has 1 unspecified atom stereocenters. The van der Waals surface area contributed by atoms with E-state index in [1.54, 1.807) is 11.8 Å². The standard InChI is InChI=1S/C10H19NO3S/c1-15-5-3-9(11)10(12)14-7-8-2-4-13-6-8/h8-9H,2-7,11H2,1H3/t8?,9-/m1/s1. The predicted octanol–water partition coefficient (Wildman–Crippen LogP) is 0.646. The van der Waals surface area contributed by atoms with Crippen LogP contribution in [0.2, 0.25) is 0 Å². The highest BCUT2D eigenvalue weighted by atomic mass is 32.2. The number of ether oxygens (including phenoxy) is 2. The number of thioether (sulfide) groups is 1. The minimum atomic E-state index is -0.472. The Morgan fingerprint density at radius 2 is 2.53 bits per heavy atom. The molecule has 0 radical (unpaired) electrons. The molecule has 0 aromatic carbocycles. The molecule has 5 heteroatoms. The molecule has 0 bridgehead atoms. The summed E-state index contributed by atoms with van der Waals surface area (Å²) in [6.07, 6.45) is 3.66. The highest BCUT2D eigenvalue weighted by Crippen LogP contribution is 2.12. The van der Waals surface area contributed by atoms with Crippen LogP contribution >= 0.6 is 11.8 Å². The molecule has 0 saturated carbocycles. The summed E-state index contributed by atoms with van der Waals surface area (Å²) in [6.45, 7) is 1.93. The van der Waals surface area contributed by atoms with Gasteiger partial charge in [-0.05, 0) is 24.9 Å². The smallest absolute Gasteiger partial charge is 0.322 e. The summed E-state index contributed by atoms with van der Waals surface area (Å²) in [5.41, 5.74) is 5.67. The Bertz CT molecular complexity index is 195. The van der Waals surface area contributed by atoms with Crippen molar-refractivity contribution in [2.24, 2.45) is 11.7 Å². The lowest BCUT2D eigenvalue weighted by Crippen LogP contribution is -2.34. The maximum absolute atomic E-state index is 11.4. The van der Waals surface area contributed by atoms with Gasteiger partial charge in [-0.2, -0.15) is 11.8 Å². The van der Waals surface area contributed by atoms with Gasteiger partial charge in [-0.15, -0.1) is 0 Å². The SMILES string of the molecule is CSCC[C@@H](N)C(=O)OCC1CCOC1. The second-order valence-corrected chi connectivity index (χ2v) is 4.73. The molecule has 88 valence electrons. The number of nitrogens with two attached hydrogens (primary N) is 1. The van der Waals surface area contributed by atoms with Crippen molar-refractivity contribution >= 4 is 17.7 Å². The van der Waals surface area contributed by atoms with E-state index in [-0.39, 0.29) is 5.97 Å². The van der Waals surface area contributed by atoms with Crippen molar-refractivity contribution in [2.45, 2.75) is 18.9 Å². The van der Waals surface area contributed by atoms with E-state index >= 15 is 0 Å². The number of carbonyl (C=O) groups excluding carboxylic acids is 1. The van der Waals surface area contributed by atoms with Crippen LogP contribution in [0.1, 0.15) is 12.8 Å². The van der Waals surface area contributed by atoms with Crippen LogP contribution in [0.5, 0.6) is 0 Å². The Balaban J connectivity index is 2.11. The second kappa shape index (κ2) is 7.09. The van der Waals surface area contributed by atoms with E-state index < -0.39 is 6.04 Å². The van der Waals surface area contributed by atoms with Crippen molar-refractivity contribution < 1.29 is 14.3 Å². The first-order valence-corrected chi connectivity index (χ1v) is 6.62. The van der Waals surface area contributed by atoms with E-state index in [1.807, 2.05) is 6.26 Å². The van der Waals surface area contributed by atoms with Gasteiger partial charge in [0.2, 0.25) is 0 Å². The molecule has 1 heterocycles. The van der Waals surface area contributed by atoms with Crippen LogP contribution in [-0.2, 0) is 14.3 Å². The molecule has 1 aliphatic rings. The normalized spacial score (nSPS) is 22.7. The molecule has 0 aliphatic carbocycles. The third-order valence-electron chi connectivity index (χ3n) is 2.42. The molecule has 2 atom stereocenters. The quantitative estimate of drug-likeness (QED) is 0.682. The average molecular weight is 233 g/mol. The molecule has 0 spiro atoms. The molecule has 1 rings (SSSR count). The molecule has 0 aromatic heterocycles. The van der Waals surface area contributed by atoms with Gasteiger partial charge in [-0.25, -0.2) is 0 Å². The van der Waals surface area contributed by atoms with Crippen molar-refractivity contribution in [3.8, 4) is 0 Å². The summed E-state index contributed by atoms with van der Waals surface area (Å²) in [4.78, 5) is 11.4. The highest BCUT2D eigenvalue weighted by molar-refractivity contribution is 7.98. The highest BCUT2D eigenvalue weighted by Gasteiger charge is 2.20. The van der Waals surface area contributed by atoms with Crippen LogP contribution in [0.4, 0.5) is 0 Å². The molecule has 1 fully saturated rings. The molecular weight excluding hydrogens is 214 g/mol. The Kier molecular flexibility index (Phi) is 6.05. The van der Waals surface area contributed by atoms with Gasteiger partial charge >= 0.3 is 5.97 Å². The zero-order chi connectivity index (χ0) is 11.1. The number of esters is 1. The summed E-state index contributed by atoms with van der Waals surface area (Å²) in [5.74, 6) is 0.973. The molecule has 0 aromatic rings. The van der Waals surface area contributed by atoms with Gasteiger partial charge in [0.05, 0.1) is 13.2 Å². The first-order chi connectivity index (χ1) is 7.24. The van der Waals surface area contributed by atoms with Gasteiger partial charge in [0.25, 0.3) is 0 Å². The van der Waals surface area contributed by atoms with Gasteiger partial charge in [0.15, 0.2) is 0 Å². The van der Waals surface area contributed by atoms with Crippen molar-refractivity contribution in [1.82, 2.24) is 0 Å². The fourth-order valence-corrected chi connectivity index (χ4v) is 1.87. The molecule has 1 aliphatic heterocycles.